The molecule has 1 rings (SSSR count). The summed E-state index contributed by atoms with van der Waals surface area (Å²) in [5.74, 6) is -0.259. The van der Waals surface area contributed by atoms with Crippen LogP contribution in [0.1, 0.15) is 322 Å². The zero-order chi connectivity index (χ0) is 56.1. The number of hydrogen-bond acceptors (Lipinski definition) is 10. The Kier molecular flexibility index (Phi) is 51.5. The highest BCUT2D eigenvalue weighted by molar-refractivity contribution is 7.80. The molecule has 1 fully saturated rings. The van der Waals surface area contributed by atoms with Crippen molar-refractivity contribution in [2.24, 2.45) is 0 Å². The van der Waals surface area contributed by atoms with Gasteiger partial charge in [0.2, 0.25) is 5.91 Å². The van der Waals surface area contributed by atoms with Crippen LogP contribution in [0, 0.1) is 0 Å². The molecule has 0 aromatic heterocycles. The van der Waals surface area contributed by atoms with Gasteiger partial charge in [-0.15, -0.1) is 0 Å². The smallest absolute Gasteiger partial charge is 0.394 e. The van der Waals surface area contributed by atoms with E-state index < -0.39 is 59.9 Å². The second-order valence-corrected chi connectivity index (χ2v) is 24.1. The highest BCUT2D eigenvalue weighted by atomic mass is 32.3. The van der Waals surface area contributed by atoms with Gasteiger partial charge in [0, 0.05) is 6.42 Å². The molecule has 0 spiro atoms. The van der Waals surface area contributed by atoms with E-state index >= 15 is 0 Å². The third-order valence-electron chi connectivity index (χ3n) is 15.7. The van der Waals surface area contributed by atoms with Crippen LogP contribution in [0.5, 0.6) is 0 Å². The normalized spacial score (nSPS) is 19.0. The molecule has 0 aromatic rings. The number of aliphatic hydroxyl groups is 4. The fourth-order valence-corrected chi connectivity index (χ4v) is 11.2. The lowest BCUT2D eigenvalue weighted by atomic mass is 9.99. The molecule has 0 saturated carbocycles. The number of ether oxygens (including phenoxy) is 2. The monoisotopic (exact) mass is 1110 g/mol. The molecule has 0 bridgehead atoms. The standard InChI is InChI=1S/C64H123NO11S/c1-3-5-7-9-11-13-15-16-17-18-19-20-21-22-23-24-25-26-27-28-29-30-31-32-33-34-35-36-37-38-39-40-41-42-44-46-48-50-52-54-60(68)65-57(58(67)53-51-49-47-45-43-14-12-10-8-6-4-2)56-74-64-62(70)63(76-77(71,72)73)61(69)59(55-66)75-64/h28-29,51,53,57-59,61-64,66-67,69-70H,3-27,30-50,52,54-56H2,1-2H3,(H,65,68)(H,71,72,73)/b29-28-,53-51+. The van der Waals surface area contributed by atoms with Crippen molar-refractivity contribution in [2.75, 3.05) is 13.2 Å². The van der Waals surface area contributed by atoms with Crippen molar-refractivity contribution in [3.05, 3.63) is 24.3 Å². The first-order chi connectivity index (χ1) is 37.5. The fourth-order valence-electron chi connectivity index (χ4n) is 10.7. The molecular weight excluding hydrogens is 991 g/mol. The molecule has 0 aliphatic carbocycles. The van der Waals surface area contributed by atoms with Gasteiger partial charge in [0.25, 0.3) is 0 Å². The number of nitrogens with one attached hydrogen (secondary N) is 1. The van der Waals surface area contributed by atoms with Crippen LogP contribution in [-0.4, -0.2) is 95.4 Å². The van der Waals surface area contributed by atoms with E-state index in [4.69, 9.17) is 9.47 Å². The minimum absolute atomic E-state index is 0.259. The van der Waals surface area contributed by atoms with Crippen molar-refractivity contribution in [3.63, 3.8) is 0 Å². The first-order valence-corrected chi connectivity index (χ1v) is 34.1. The zero-order valence-electron chi connectivity index (χ0n) is 49.8. The Balaban J connectivity index is 2.10. The molecule has 12 nitrogen and oxygen atoms in total. The molecular formula is C64H123NO11S. The maximum absolute atomic E-state index is 13.1. The summed E-state index contributed by atoms with van der Waals surface area (Å²) in [7, 11) is -5.09. The summed E-state index contributed by atoms with van der Waals surface area (Å²) in [6, 6.07) is -0.941. The molecule has 77 heavy (non-hydrogen) atoms. The molecule has 1 heterocycles. The quantitative estimate of drug-likeness (QED) is 0.0193. The van der Waals surface area contributed by atoms with Crippen LogP contribution in [0.3, 0.4) is 0 Å². The van der Waals surface area contributed by atoms with Gasteiger partial charge in [0.15, 0.2) is 6.29 Å². The molecule has 1 saturated heterocycles. The summed E-state index contributed by atoms with van der Waals surface area (Å²) < 4.78 is 47.8. The number of aliphatic hydroxyl groups excluding tert-OH is 4. The minimum atomic E-state index is -5.09. The molecule has 0 radical (unpaired) electrons. The molecule has 1 amide bonds. The minimum Gasteiger partial charge on any atom is -0.394 e. The highest BCUT2D eigenvalue weighted by Crippen LogP contribution is 2.26. The second kappa shape index (κ2) is 53.9. The van der Waals surface area contributed by atoms with Gasteiger partial charge in [-0.2, -0.15) is 8.42 Å². The predicted octanol–water partition coefficient (Wildman–Crippen LogP) is 16.4. The van der Waals surface area contributed by atoms with Crippen molar-refractivity contribution < 1.29 is 51.8 Å². The van der Waals surface area contributed by atoms with Gasteiger partial charge in [-0.1, -0.05) is 295 Å². The topological polar surface area (TPSA) is 192 Å². The largest absolute Gasteiger partial charge is 0.397 e. The van der Waals surface area contributed by atoms with E-state index in [0.29, 0.717) is 6.42 Å². The van der Waals surface area contributed by atoms with Crippen LogP contribution >= 0.6 is 0 Å². The lowest BCUT2D eigenvalue weighted by Gasteiger charge is -2.41. The average molecular weight is 1110 g/mol. The summed E-state index contributed by atoms with van der Waals surface area (Å²) >= 11 is 0. The number of amides is 1. The van der Waals surface area contributed by atoms with Gasteiger partial charge in [0.05, 0.1) is 25.4 Å². The lowest BCUT2D eigenvalue weighted by molar-refractivity contribution is -0.298. The van der Waals surface area contributed by atoms with Crippen molar-refractivity contribution in [2.45, 2.75) is 365 Å². The van der Waals surface area contributed by atoms with Crippen LogP contribution in [0.15, 0.2) is 24.3 Å². The Morgan fingerprint density at radius 2 is 0.831 bits per heavy atom. The van der Waals surface area contributed by atoms with E-state index in [2.05, 4.69) is 35.5 Å². The summed E-state index contributed by atoms with van der Waals surface area (Å²) in [4.78, 5) is 13.1. The first-order valence-electron chi connectivity index (χ1n) is 32.7. The average Bonchev–Trinajstić information content (AvgIpc) is 3.41. The molecule has 1 aliphatic heterocycles. The van der Waals surface area contributed by atoms with Crippen LogP contribution in [0.2, 0.25) is 0 Å². The number of unbranched alkanes of at least 4 members (excludes halogenated alkanes) is 44. The second-order valence-electron chi connectivity index (χ2n) is 23.1. The van der Waals surface area contributed by atoms with Crippen LogP contribution < -0.4 is 5.32 Å². The molecule has 456 valence electrons. The van der Waals surface area contributed by atoms with E-state index in [0.717, 1.165) is 38.5 Å². The van der Waals surface area contributed by atoms with E-state index in [1.807, 2.05) is 6.08 Å². The third-order valence-corrected chi connectivity index (χ3v) is 16.2. The Labute approximate surface area is 473 Å². The van der Waals surface area contributed by atoms with Gasteiger partial charge >= 0.3 is 10.4 Å². The van der Waals surface area contributed by atoms with E-state index in [1.54, 1.807) is 6.08 Å². The van der Waals surface area contributed by atoms with Crippen LogP contribution in [0.25, 0.3) is 0 Å². The van der Waals surface area contributed by atoms with Crippen molar-refractivity contribution >= 4 is 16.3 Å². The van der Waals surface area contributed by atoms with Crippen LogP contribution in [-0.2, 0) is 28.9 Å². The number of carbonyl (C=O) groups is 1. The Bertz CT molecular complexity index is 1450. The summed E-state index contributed by atoms with van der Waals surface area (Å²) in [6.45, 7) is 3.41. The van der Waals surface area contributed by atoms with Crippen molar-refractivity contribution in [3.8, 4) is 0 Å². The van der Waals surface area contributed by atoms with E-state index in [9.17, 15) is 38.2 Å². The van der Waals surface area contributed by atoms with E-state index in [-0.39, 0.29) is 18.9 Å². The molecule has 6 N–H and O–H groups in total. The lowest BCUT2D eigenvalue weighted by Crippen LogP contribution is -2.61. The Morgan fingerprint density at radius 3 is 1.17 bits per heavy atom. The van der Waals surface area contributed by atoms with Crippen molar-refractivity contribution in [1.29, 1.82) is 0 Å². The maximum Gasteiger partial charge on any atom is 0.397 e. The zero-order valence-corrected chi connectivity index (χ0v) is 50.6. The van der Waals surface area contributed by atoms with Crippen LogP contribution in [0.4, 0.5) is 0 Å². The first kappa shape index (κ1) is 73.6. The molecule has 0 aromatic carbocycles. The molecule has 1 aliphatic rings. The SMILES string of the molecule is CCCCCCCCCCC/C=C/C(O)C(COC1OC(CO)C(O)C(OS(=O)(=O)O)C1O)NC(=O)CCCCCCCCCCCCCCCCCCC/C=C\CCCCCCCCCCCCCCCCCCCC. The number of allylic oxidation sites excluding steroid dienone is 3. The van der Waals surface area contributed by atoms with Gasteiger partial charge in [0.1, 0.15) is 24.4 Å². The van der Waals surface area contributed by atoms with Gasteiger partial charge < -0.3 is 35.2 Å². The van der Waals surface area contributed by atoms with Crippen molar-refractivity contribution in [1.82, 2.24) is 5.32 Å². The van der Waals surface area contributed by atoms with Gasteiger partial charge in [-0.05, 0) is 44.9 Å². The molecule has 7 unspecified atom stereocenters. The predicted molar refractivity (Wildman–Crippen MR) is 319 cm³/mol. The number of hydrogen-bond donors (Lipinski definition) is 6. The van der Waals surface area contributed by atoms with Gasteiger partial charge in [-0.3, -0.25) is 9.35 Å². The Hall–Kier alpha value is -1.42. The highest BCUT2D eigenvalue weighted by Gasteiger charge is 2.48. The van der Waals surface area contributed by atoms with Gasteiger partial charge in [-0.25, -0.2) is 4.18 Å². The summed E-state index contributed by atoms with van der Waals surface area (Å²) in [6.07, 6.45) is 60.1. The van der Waals surface area contributed by atoms with E-state index in [1.165, 1.54) is 257 Å². The molecule has 7 atom stereocenters. The summed E-state index contributed by atoms with van der Waals surface area (Å²) in [5, 5.41) is 44.9. The fraction of sp³-hybridized carbons (Fsp3) is 0.922. The number of carbonyl (C=O) groups excluding carboxylic acids is 1. The third kappa shape index (κ3) is 45.8. The number of rotatable bonds is 58. The maximum atomic E-state index is 13.1. The summed E-state index contributed by atoms with van der Waals surface area (Å²) in [5.41, 5.74) is 0. The molecule has 13 heteroatoms. The Morgan fingerprint density at radius 1 is 0.506 bits per heavy atom.